The number of methoxy groups -OCH3 is 1. The minimum absolute atomic E-state index is 0.0726. The van der Waals surface area contributed by atoms with E-state index in [1.165, 1.54) is 59.0 Å². The third-order valence-electron chi connectivity index (χ3n) is 10.6. The van der Waals surface area contributed by atoms with Crippen LogP contribution < -0.4 is 25.4 Å². The second-order valence-electron chi connectivity index (χ2n) is 13.6. The van der Waals surface area contributed by atoms with Crippen LogP contribution in [0.15, 0.2) is 42.6 Å². The third kappa shape index (κ3) is 6.08. The van der Waals surface area contributed by atoms with Crippen molar-refractivity contribution in [2.75, 3.05) is 37.9 Å². The van der Waals surface area contributed by atoms with Crippen LogP contribution in [0.1, 0.15) is 66.4 Å². The van der Waals surface area contributed by atoms with E-state index in [1.54, 1.807) is 25.1 Å². The molecule has 0 spiro atoms. The highest BCUT2D eigenvalue weighted by Crippen LogP contribution is 2.58. The molecule has 5 aliphatic rings. The number of nitrogens with one attached hydrogen (secondary N) is 3. The molecule has 1 saturated heterocycles. The van der Waals surface area contributed by atoms with Crippen molar-refractivity contribution in [1.29, 1.82) is 0 Å². The first-order valence-electron chi connectivity index (χ1n) is 16.5. The summed E-state index contributed by atoms with van der Waals surface area (Å²) >= 11 is 0. The highest BCUT2D eigenvalue weighted by atomic mass is 19.4. The van der Waals surface area contributed by atoms with Crippen LogP contribution in [0, 0.1) is 24.7 Å². The predicted molar refractivity (Wildman–Crippen MR) is 173 cm³/mol. The smallest absolute Gasteiger partial charge is 0.421 e. The van der Waals surface area contributed by atoms with Crippen molar-refractivity contribution >= 4 is 29.0 Å². The molecule has 4 bridgehead atoms. The lowest BCUT2D eigenvalue weighted by atomic mass is 9.52. The normalized spacial score (nSPS) is 26.7. The van der Waals surface area contributed by atoms with Gasteiger partial charge in [0.15, 0.2) is 0 Å². The summed E-state index contributed by atoms with van der Waals surface area (Å²) in [5.74, 6) is 2.23. The minimum atomic E-state index is -4.74. The number of nitrogens with zero attached hydrogens (tertiary/aromatic N) is 3. The van der Waals surface area contributed by atoms with E-state index in [0.29, 0.717) is 46.5 Å². The molecule has 250 valence electrons. The van der Waals surface area contributed by atoms with Crippen LogP contribution in [-0.2, 0) is 6.18 Å². The number of anilines is 4. The van der Waals surface area contributed by atoms with Gasteiger partial charge < -0.3 is 25.4 Å². The molecule has 5 fully saturated rings. The molecular weight excluding hydrogens is 609 g/mol. The number of aromatic nitrogens is 2. The third-order valence-corrected chi connectivity index (χ3v) is 10.6. The molecule has 1 aromatic heterocycles. The van der Waals surface area contributed by atoms with Gasteiger partial charge in [0.25, 0.3) is 5.91 Å². The van der Waals surface area contributed by atoms with E-state index < -0.39 is 23.5 Å². The first-order chi connectivity index (χ1) is 22.6. The summed E-state index contributed by atoms with van der Waals surface area (Å²) in [7, 11) is 2.99. The zero-order chi connectivity index (χ0) is 32.9. The molecule has 47 heavy (non-hydrogen) atoms. The van der Waals surface area contributed by atoms with Gasteiger partial charge in [-0.2, -0.15) is 18.2 Å². The molecule has 2 aromatic carbocycles. The van der Waals surface area contributed by atoms with Crippen LogP contribution in [0.25, 0.3) is 0 Å². The first kappa shape index (κ1) is 31.5. The van der Waals surface area contributed by atoms with Crippen LogP contribution in [0.3, 0.4) is 0 Å². The first-order valence-corrected chi connectivity index (χ1v) is 16.5. The van der Waals surface area contributed by atoms with Gasteiger partial charge >= 0.3 is 6.18 Å². The largest absolute Gasteiger partial charge is 0.494 e. The van der Waals surface area contributed by atoms with Gasteiger partial charge in [-0.1, -0.05) is 12.1 Å². The standard InChI is InChI=1S/C35H41F3N6O3/c1-20-7-6-8-25(32(45)39-2)29(20)42-31-26(35(36,37)38)19-40-33(43-31)41-27-10-9-24(15-28(27)46-3)47-34-16-21-13-22(17-34)30(23(14-21)18-34)44-11-4-5-12-44/h6-10,15,19,21-23,30H,4-5,11-14,16-18H2,1-3H3,(H,39,45)(H2,40,41,42,43). The van der Waals surface area contributed by atoms with Gasteiger partial charge in [-0.25, -0.2) is 4.98 Å². The molecule has 9 nitrogen and oxygen atoms in total. The highest BCUT2D eigenvalue weighted by Gasteiger charge is 2.58. The average Bonchev–Trinajstić information content (AvgIpc) is 3.56. The van der Waals surface area contributed by atoms with Gasteiger partial charge in [-0.3, -0.25) is 9.69 Å². The van der Waals surface area contributed by atoms with Crippen molar-refractivity contribution in [1.82, 2.24) is 20.2 Å². The number of carbonyl (C=O) groups excluding carboxylic acids is 1. The van der Waals surface area contributed by atoms with Gasteiger partial charge in [0.1, 0.15) is 28.5 Å². The fraction of sp³-hybridized carbons (Fsp3) is 0.514. The van der Waals surface area contributed by atoms with Crippen LogP contribution in [0.4, 0.5) is 36.3 Å². The Labute approximate surface area is 272 Å². The molecule has 4 aliphatic carbocycles. The SMILES string of the molecule is CNC(=O)c1cccc(C)c1Nc1nc(Nc2ccc(OC34CC5CC(C3)C(N3CCCC3)C(C5)C4)cc2OC)ncc1C(F)(F)F. The number of hydrogen-bond acceptors (Lipinski definition) is 8. The molecule has 3 N–H and O–H groups in total. The summed E-state index contributed by atoms with van der Waals surface area (Å²) in [5.41, 5.74) is 0.233. The van der Waals surface area contributed by atoms with E-state index in [1.807, 2.05) is 12.1 Å². The highest BCUT2D eigenvalue weighted by molar-refractivity contribution is 6.00. The Balaban J connectivity index is 1.12. The Morgan fingerprint density at radius 2 is 1.79 bits per heavy atom. The van der Waals surface area contributed by atoms with Crippen molar-refractivity contribution in [3.05, 3.63) is 59.3 Å². The zero-order valence-corrected chi connectivity index (χ0v) is 26.9. The number of aryl methyl sites for hydroxylation is 1. The van der Waals surface area contributed by atoms with Crippen LogP contribution in [0.5, 0.6) is 11.5 Å². The quantitative estimate of drug-likeness (QED) is 0.226. The van der Waals surface area contributed by atoms with Crippen LogP contribution in [0.2, 0.25) is 0 Å². The second-order valence-corrected chi connectivity index (χ2v) is 13.6. The number of para-hydroxylation sites is 1. The molecule has 2 unspecified atom stereocenters. The Bertz CT molecular complexity index is 1640. The molecule has 4 saturated carbocycles. The Morgan fingerprint density at radius 3 is 2.47 bits per heavy atom. The molecule has 1 aliphatic heterocycles. The predicted octanol–water partition coefficient (Wildman–Crippen LogP) is 7.08. The van der Waals surface area contributed by atoms with Crippen molar-refractivity contribution in [2.45, 2.75) is 69.7 Å². The molecule has 8 rings (SSSR count). The summed E-state index contributed by atoms with van der Waals surface area (Å²) in [5, 5.41) is 8.31. The molecule has 2 heterocycles. The minimum Gasteiger partial charge on any atom is -0.494 e. The maximum absolute atomic E-state index is 14.1. The van der Waals surface area contributed by atoms with E-state index in [4.69, 9.17) is 9.47 Å². The molecular formula is C35H41F3N6O3. The summed E-state index contributed by atoms with van der Waals surface area (Å²) in [4.78, 5) is 23.4. The maximum atomic E-state index is 14.1. The van der Waals surface area contributed by atoms with E-state index in [-0.39, 0.29) is 22.8 Å². The molecule has 2 atom stereocenters. The van der Waals surface area contributed by atoms with Crippen LogP contribution in [-0.4, -0.2) is 59.7 Å². The van der Waals surface area contributed by atoms with E-state index in [2.05, 4.69) is 30.8 Å². The number of likely N-dealkylation sites (tertiary alicyclic amines) is 1. The monoisotopic (exact) mass is 650 g/mol. The van der Waals surface area contributed by atoms with Crippen molar-refractivity contribution in [3.8, 4) is 11.5 Å². The summed E-state index contributed by atoms with van der Waals surface area (Å²) in [6, 6.07) is 11.1. The topological polar surface area (TPSA) is 101 Å². The fourth-order valence-electron chi connectivity index (χ4n) is 8.91. The van der Waals surface area contributed by atoms with Crippen molar-refractivity contribution in [3.63, 3.8) is 0 Å². The van der Waals surface area contributed by atoms with E-state index in [9.17, 15) is 18.0 Å². The lowest BCUT2D eigenvalue weighted by Crippen LogP contribution is -2.63. The van der Waals surface area contributed by atoms with Crippen molar-refractivity contribution < 1.29 is 27.4 Å². The van der Waals surface area contributed by atoms with Gasteiger partial charge in [-0.05, 0) is 106 Å². The number of ether oxygens (including phenoxy) is 2. The summed E-state index contributed by atoms with van der Waals surface area (Å²) in [6.45, 7) is 4.15. The molecule has 1 amide bonds. The zero-order valence-electron chi connectivity index (χ0n) is 26.9. The van der Waals surface area contributed by atoms with Gasteiger partial charge in [0.05, 0.1) is 24.0 Å². The fourth-order valence-corrected chi connectivity index (χ4v) is 8.91. The molecule has 12 heteroatoms. The summed E-state index contributed by atoms with van der Waals surface area (Å²) in [6.07, 6.45) is 4.42. The lowest BCUT2D eigenvalue weighted by molar-refractivity contribution is -0.144. The number of carbonyl (C=O) groups is 1. The second kappa shape index (κ2) is 12.2. The molecule has 0 radical (unpaired) electrons. The number of rotatable bonds is 9. The Morgan fingerprint density at radius 1 is 1.04 bits per heavy atom. The van der Waals surface area contributed by atoms with Crippen molar-refractivity contribution in [2.24, 2.45) is 17.8 Å². The van der Waals surface area contributed by atoms with E-state index >= 15 is 0 Å². The van der Waals surface area contributed by atoms with Gasteiger partial charge in [-0.15, -0.1) is 0 Å². The number of benzene rings is 2. The van der Waals surface area contributed by atoms with Gasteiger partial charge in [0, 0.05) is 25.4 Å². The number of alkyl halides is 3. The Hall–Kier alpha value is -4.06. The number of halogens is 3. The maximum Gasteiger partial charge on any atom is 0.421 e. The van der Waals surface area contributed by atoms with E-state index in [0.717, 1.165) is 25.5 Å². The summed E-state index contributed by atoms with van der Waals surface area (Å²) < 4.78 is 54.7. The number of amides is 1. The molecule has 3 aromatic rings. The van der Waals surface area contributed by atoms with Gasteiger partial charge in [0.2, 0.25) is 5.95 Å². The number of hydrogen-bond donors (Lipinski definition) is 3. The lowest BCUT2D eigenvalue weighted by Gasteiger charge is -2.61. The van der Waals surface area contributed by atoms with Crippen LogP contribution >= 0.6 is 0 Å². The Kier molecular flexibility index (Phi) is 8.18. The average molecular weight is 651 g/mol.